The second kappa shape index (κ2) is 7.37. The molecule has 0 spiro atoms. The fourth-order valence-electron chi connectivity index (χ4n) is 4.07. The van der Waals surface area contributed by atoms with Gasteiger partial charge in [-0.15, -0.1) is 0 Å². The highest BCUT2D eigenvalue weighted by Gasteiger charge is 2.46. The Bertz CT molecular complexity index is 759. The molecule has 0 unspecified atom stereocenters. The van der Waals surface area contributed by atoms with Crippen molar-refractivity contribution in [3.05, 3.63) is 47.5 Å². The van der Waals surface area contributed by atoms with Gasteiger partial charge in [0.25, 0.3) is 5.91 Å². The third kappa shape index (κ3) is 3.87. The van der Waals surface area contributed by atoms with Gasteiger partial charge in [0.05, 0.1) is 18.1 Å². The van der Waals surface area contributed by atoms with Crippen molar-refractivity contribution in [2.24, 2.45) is 23.7 Å². The van der Waals surface area contributed by atoms with Gasteiger partial charge in [-0.3, -0.25) is 9.59 Å². The van der Waals surface area contributed by atoms with E-state index in [2.05, 4.69) is 0 Å². The molecule has 1 aliphatic carbocycles. The van der Waals surface area contributed by atoms with Crippen molar-refractivity contribution in [2.75, 3.05) is 19.7 Å². The lowest BCUT2D eigenvalue weighted by molar-refractivity contribution is -0.152. The van der Waals surface area contributed by atoms with Gasteiger partial charge in [-0.1, -0.05) is 25.1 Å². The van der Waals surface area contributed by atoms with Crippen LogP contribution in [0.2, 0.25) is 0 Å². The van der Waals surface area contributed by atoms with Crippen LogP contribution < -0.4 is 0 Å². The SMILES string of the molecule is CCOC(=O)[C@@H]1[C@H]2CN(C(=O)c3cccc(C(F)(F)F)c3)C[C@@H]2C=C[C@@H]1C. The second-order valence-electron chi connectivity index (χ2n) is 7.14. The van der Waals surface area contributed by atoms with E-state index < -0.39 is 17.6 Å². The largest absolute Gasteiger partial charge is 0.466 e. The van der Waals surface area contributed by atoms with E-state index in [1.807, 2.05) is 19.1 Å². The molecule has 1 aromatic rings. The molecular weight excluding hydrogens is 359 g/mol. The predicted molar refractivity (Wildman–Crippen MR) is 92.8 cm³/mol. The number of amides is 1. The van der Waals surface area contributed by atoms with Crippen LogP contribution in [0.3, 0.4) is 0 Å². The van der Waals surface area contributed by atoms with Crippen molar-refractivity contribution in [3.63, 3.8) is 0 Å². The van der Waals surface area contributed by atoms with Gasteiger partial charge in [-0.2, -0.15) is 13.2 Å². The summed E-state index contributed by atoms with van der Waals surface area (Å²) < 4.78 is 44.0. The Labute approximate surface area is 156 Å². The number of hydrogen-bond acceptors (Lipinski definition) is 3. The van der Waals surface area contributed by atoms with E-state index in [1.54, 1.807) is 11.8 Å². The van der Waals surface area contributed by atoms with E-state index in [0.29, 0.717) is 13.1 Å². The minimum Gasteiger partial charge on any atom is -0.466 e. The van der Waals surface area contributed by atoms with Crippen LogP contribution in [0.1, 0.15) is 29.8 Å². The molecule has 1 heterocycles. The number of allylic oxidation sites excluding steroid dienone is 1. The molecule has 0 radical (unpaired) electrons. The van der Waals surface area contributed by atoms with Gasteiger partial charge < -0.3 is 9.64 Å². The van der Waals surface area contributed by atoms with Crippen LogP contribution in [0, 0.1) is 23.7 Å². The number of carbonyl (C=O) groups is 2. The summed E-state index contributed by atoms with van der Waals surface area (Å²) in [5.41, 5.74) is -0.837. The monoisotopic (exact) mass is 381 g/mol. The lowest BCUT2D eigenvalue weighted by Crippen LogP contribution is -2.37. The van der Waals surface area contributed by atoms with E-state index in [9.17, 15) is 22.8 Å². The zero-order chi connectivity index (χ0) is 19.8. The summed E-state index contributed by atoms with van der Waals surface area (Å²) in [4.78, 5) is 26.7. The number of alkyl halides is 3. The average Bonchev–Trinajstić information content (AvgIpc) is 3.04. The fourth-order valence-corrected chi connectivity index (χ4v) is 4.07. The van der Waals surface area contributed by atoms with E-state index >= 15 is 0 Å². The Balaban J connectivity index is 1.80. The molecule has 2 aliphatic rings. The van der Waals surface area contributed by atoms with Gasteiger partial charge >= 0.3 is 12.1 Å². The molecule has 1 aromatic carbocycles. The minimum absolute atomic E-state index is 0.00496. The average molecular weight is 381 g/mol. The van der Waals surface area contributed by atoms with Gasteiger partial charge in [0.15, 0.2) is 0 Å². The molecule has 1 saturated heterocycles. The van der Waals surface area contributed by atoms with Gasteiger partial charge in [-0.05, 0) is 42.9 Å². The standard InChI is InChI=1S/C20H22F3NO3/c1-3-27-19(26)17-12(2)7-8-14-10-24(11-16(14)17)18(25)13-5-4-6-15(9-13)20(21,22)23/h4-9,12,14,16-17H,3,10-11H2,1-2H3/t12-,14-,16-,17-/m0/s1. The maximum Gasteiger partial charge on any atom is 0.416 e. The second-order valence-corrected chi connectivity index (χ2v) is 7.14. The number of halogens is 3. The Morgan fingerprint density at radius 2 is 1.96 bits per heavy atom. The van der Waals surface area contributed by atoms with E-state index in [-0.39, 0.29) is 41.8 Å². The van der Waals surface area contributed by atoms with Crippen molar-refractivity contribution < 1.29 is 27.5 Å². The Morgan fingerprint density at radius 1 is 1.22 bits per heavy atom. The maximum atomic E-state index is 12.9. The molecule has 0 bridgehead atoms. The first-order valence-corrected chi connectivity index (χ1v) is 9.04. The zero-order valence-corrected chi connectivity index (χ0v) is 15.2. The molecular formula is C20H22F3NO3. The van der Waals surface area contributed by atoms with Gasteiger partial charge in [0.2, 0.25) is 0 Å². The fraction of sp³-hybridized carbons (Fsp3) is 0.500. The summed E-state index contributed by atoms with van der Waals surface area (Å²) >= 11 is 0. The summed E-state index contributed by atoms with van der Waals surface area (Å²) in [6.45, 7) is 4.69. The van der Waals surface area contributed by atoms with Crippen molar-refractivity contribution in [2.45, 2.75) is 20.0 Å². The molecule has 1 fully saturated rings. The van der Waals surface area contributed by atoms with Crippen LogP contribution >= 0.6 is 0 Å². The summed E-state index contributed by atoms with van der Waals surface area (Å²) in [5, 5.41) is 0. The van der Waals surface area contributed by atoms with Gasteiger partial charge in [0.1, 0.15) is 0 Å². The molecule has 4 nitrogen and oxygen atoms in total. The maximum absolute atomic E-state index is 12.9. The van der Waals surface area contributed by atoms with Crippen molar-refractivity contribution in [1.29, 1.82) is 0 Å². The number of benzene rings is 1. The molecule has 3 rings (SSSR count). The third-order valence-electron chi connectivity index (χ3n) is 5.38. The number of fused-ring (bicyclic) bond motifs is 1. The van der Waals surface area contributed by atoms with Crippen LogP contribution in [0.5, 0.6) is 0 Å². The van der Waals surface area contributed by atoms with E-state index in [0.717, 1.165) is 12.1 Å². The van der Waals surface area contributed by atoms with Crippen LogP contribution in [0.25, 0.3) is 0 Å². The molecule has 7 heteroatoms. The van der Waals surface area contributed by atoms with Gasteiger partial charge in [0, 0.05) is 18.7 Å². The van der Waals surface area contributed by atoms with Crippen LogP contribution in [-0.2, 0) is 15.7 Å². The highest BCUT2D eigenvalue weighted by Crippen LogP contribution is 2.40. The van der Waals surface area contributed by atoms with Crippen molar-refractivity contribution in [3.8, 4) is 0 Å². The normalized spacial score (nSPS) is 27.4. The number of carbonyl (C=O) groups excluding carboxylic acids is 2. The van der Waals surface area contributed by atoms with Gasteiger partial charge in [-0.25, -0.2) is 0 Å². The van der Waals surface area contributed by atoms with E-state index in [4.69, 9.17) is 4.74 Å². The molecule has 1 aliphatic heterocycles. The number of rotatable bonds is 3. The summed E-state index contributed by atoms with van der Waals surface area (Å²) in [7, 11) is 0. The first-order chi connectivity index (χ1) is 12.7. The highest BCUT2D eigenvalue weighted by atomic mass is 19.4. The number of likely N-dealkylation sites (tertiary alicyclic amines) is 1. The lowest BCUT2D eigenvalue weighted by atomic mass is 9.72. The Kier molecular flexibility index (Phi) is 5.31. The van der Waals surface area contributed by atoms with Crippen LogP contribution in [0.4, 0.5) is 13.2 Å². The topological polar surface area (TPSA) is 46.6 Å². The summed E-state index contributed by atoms with van der Waals surface area (Å²) in [6.07, 6.45) is -0.534. The number of esters is 1. The molecule has 27 heavy (non-hydrogen) atoms. The van der Waals surface area contributed by atoms with Crippen molar-refractivity contribution >= 4 is 11.9 Å². The molecule has 0 saturated carbocycles. The molecule has 4 atom stereocenters. The molecule has 0 N–H and O–H groups in total. The summed E-state index contributed by atoms with van der Waals surface area (Å²) in [6, 6.07) is 4.46. The molecule has 146 valence electrons. The Hall–Kier alpha value is -2.31. The zero-order valence-electron chi connectivity index (χ0n) is 15.2. The van der Waals surface area contributed by atoms with Crippen LogP contribution in [-0.4, -0.2) is 36.5 Å². The first kappa shape index (κ1) is 19.5. The smallest absolute Gasteiger partial charge is 0.416 e. The quantitative estimate of drug-likeness (QED) is 0.591. The molecule has 1 amide bonds. The third-order valence-corrected chi connectivity index (χ3v) is 5.38. The van der Waals surface area contributed by atoms with E-state index in [1.165, 1.54) is 12.1 Å². The number of nitrogens with zero attached hydrogens (tertiary/aromatic N) is 1. The molecule has 0 aromatic heterocycles. The highest BCUT2D eigenvalue weighted by molar-refractivity contribution is 5.94. The van der Waals surface area contributed by atoms with Crippen molar-refractivity contribution in [1.82, 2.24) is 4.90 Å². The minimum atomic E-state index is -4.50. The summed E-state index contributed by atoms with van der Waals surface area (Å²) in [5.74, 6) is -1.16. The Morgan fingerprint density at radius 3 is 2.63 bits per heavy atom. The van der Waals surface area contributed by atoms with Crippen LogP contribution in [0.15, 0.2) is 36.4 Å². The predicted octanol–water partition coefficient (Wildman–Crippen LogP) is 3.78. The number of ether oxygens (including phenoxy) is 1. The number of hydrogen-bond donors (Lipinski definition) is 0. The lowest BCUT2D eigenvalue weighted by Gasteiger charge is -2.31. The first-order valence-electron chi connectivity index (χ1n) is 9.04.